The van der Waals surface area contributed by atoms with E-state index in [1.165, 1.54) is 0 Å². The molecule has 0 fully saturated rings. The number of ether oxygens (including phenoxy) is 4. The van der Waals surface area contributed by atoms with E-state index in [1.807, 2.05) is 120 Å². The van der Waals surface area contributed by atoms with Crippen molar-refractivity contribution < 1.29 is 112 Å². The van der Waals surface area contributed by atoms with Gasteiger partial charge in [0.2, 0.25) is 0 Å². The van der Waals surface area contributed by atoms with E-state index in [1.54, 1.807) is 50.2 Å². The number of hydrogen-bond acceptors (Lipinski definition) is 21. The van der Waals surface area contributed by atoms with Crippen LogP contribution >= 0.6 is 0 Å². The first kappa shape index (κ1) is 59.0. The molecule has 1 aliphatic heterocycles. The van der Waals surface area contributed by atoms with Crippen molar-refractivity contribution in [2.24, 2.45) is 4.99 Å². The number of aliphatic imine (C=N–C) groups is 1. The quantitative estimate of drug-likeness (QED) is 0.0692. The van der Waals surface area contributed by atoms with Crippen LogP contribution in [0.1, 0.15) is 74.3 Å². The fourth-order valence-electron chi connectivity index (χ4n) is 9.43. The monoisotopic (exact) mass is 1180 g/mol. The first-order chi connectivity index (χ1) is 40.8. The number of nitrogens with one attached hydrogen (secondary N) is 2. The molecule has 0 amide bonds. The molecule has 0 spiro atoms. The molecule has 0 radical (unpaired) electrons. The van der Waals surface area contributed by atoms with Crippen molar-refractivity contribution in [1.82, 2.24) is 34.7 Å². The van der Waals surface area contributed by atoms with Crippen LogP contribution in [0, 0.1) is 13.8 Å². The van der Waals surface area contributed by atoms with Crippen LogP contribution in [0.2, 0.25) is 0 Å². The van der Waals surface area contributed by atoms with Crippen molar-refractivity contribution in [3.63, 3.8) is 0 Å². The summed E-state index contributed by atoms with van der Waals surface area (Å²) in [5, 5.41) is 13.5. The number of hydrogen-bond donors (Lipinski definition) is 3. The smallest absolute Gasteiger partial charge is 0.465 e. The molecule has 11 aromatic rings. The van der Waals surface area contributed by atoms with E-state index in [2.05, 4.69) is 35.1 Å². The Morgan fingerprint density at radius 1 is 0.588 bits per heavy atom. The van der Waals surface area contributed by atoms with Crippen LogP contribution in [0.4, 0.5) is 0 Å². The Hall–Kier alpha value is -9.21. The number of carbonyl (C=O) groups excluding carboxylic acids is 2. The summed E-state index contributed by atoms with van der Waals surface area (Å²) >= 11 is 0. The molecule has 12 rings (SSSR count). The number of esters is 2. The van der Waals surface area contributed by atoms with Gasteiger partial charge in [0.25, 0.3) is 18.4 Å². The molecule has 6 aromatic carbocycles. The molecule has 6 heterocycles. The number of amidine groups is 1. The number of aromatic nitrogens is 6. The zero-order valence-corrected chi connectivity index (χ0v) is 49.4. The Morgan fingerprint density at radius 2 is 1.05 bits per heavy atom. The van der Waals surface area contributed by atoms with Gasteiger partial charge in [-0.2, -0.15) is 9.97 Å². The van der Waals surface area contributed by atoms with Crippen LogP contribution in [-0.2, 0) is 40.6 Å². The minimum atomic E-state index is -1.25. The number of imidazole rings is 2. The molecule has 3 N–H and O–H groups in total. The van der Waals surface area contributed by atoms with Crippen LogP contribution in [0.5, 0.6) is 12.0 Å². The van der Waals surface area contributed by atoms with Crippen LogP contribution in [0.25, 0.3) is 55.7 Å². The maximum atomic E-state index is 13.2. The number of aromatic amines is 1. The Labute approximate surface area is 523 Å². The molecule has 1 unspecified atom stereocenters. The minimum absolute atomic E-state index is 0. The van der Waals surface area contributed by atoms with Crippen LogP contribution < -0.4 is 83.7 Å². The summed E-state index contributed by atoms with van der Waals surface area (Å²) in [5.74, 6) is -2.01. The van der Waals surface area contributed by atoms with Gasteiger partial charge < -0.3 is 41.7 Å². The van der Waals surface area contributed by atoms with Crippen molar-refractivity contribution in [3.8, 4) is 45.7 Å². The number of para-hydroxylation sites is 2. The largest absolute Gasteiger partial charge is 1.00 e. The molecule has 5 aromatic heterocycles. The van der Waals surface area contributed by atoms with Gasteiger partial charge in [0.1, 0.15) is 0 Å². The van der Waals surface area contributed by atoms with Gasteiger partial charge in [-0.3, -0.25) is 18.6 Å². The molecule has 85 heavy (non-hydrogen) atoms. The van der Waals surface area contributed by atoms with Gasteiger partial charge in [0.05, 0.1) is 59.5 Å². The van der Waals surface area contributed by atoms with Gasteiger partial charge in [-0.1, -0.05) is 114 Å². The fourth-order valence-corrected chi connectivity index (χ4v) is 9.43. The topological polar surface area (TPSA) is 306 Å². The molecular weight excluding hydrogens is 1130 g/mol. The predicted octanol–water partition coefficient (Wildman–Crippen LogP) is 5.63. The van der Waals surface area contributed by atoms with E-state index in [-0.39, 0.29) is 98.8 Å². The third kappa shape index (κ3) is 13.0. The van der Waals surface area contributed by atoms with Crippen molar-refractivity contribution in [3.05, 3.63) is 216 Å². The van der Waals surface area contributed by atoms with Crippen molar-refractivity contribution in [2.75, 3.05) is 13.2 Å². The average Bonchev–Trinajstić information content (AvgIpc) is 3.72. The molecule has 1 aliphatic rings. The Bertz CT molecular complexity index is 4430. The fraction of sp³-hybridized carbons (Fsp3) is 0.183. The van der Waals surface area contributed by atoms with E-state index in [0.717, 1.165) is 44.5 Å². The number of fused-ring (bicyclic) bond motifs is 2. The van der Waals surface area contributed by atoms with Crippen molar-refractivity contribution in [1.29, 1.82) is 0 Å². The Balaban J connectivity index is 0.000000187. The second-order valence-electron chi connectivity index (χ2n) is 18.6. The predicted molar refractivity (Wildman–Crippen MR) is 299 cm³/mol. The minimum Gasteiger partial charge on any atom is -0.465 e. The SMILES string of the molecule is CCOc1nc2cccc(C(=O)OCc3oc(=O)oc3C)c2n1Cc1ccc(-c2ccccc2-c2noc(=O)[nH]2)cc1.CCOc1nc2cccc(C(=O)OCc3oc(=O)oc3C)c2n1Cc1ccc(-c2ccccc2C2=NC(O)ON2)cc1.[K+]. The number of H-pyrrole nitrogens is 1. The molecule has 0 saturated heterocycles. The number of aliphatic hydroxyl groups is 1. The van der Waals surface area contributed by atoms with Gasteiger partial charge in [0.15, 0.2) is 47.9 Å². The second kappa shape index (κ2) is 26.1. The van der Waals surface area contributed by atoms with Crippen LogP contribution in [0.3, 0.4) is 0 Å². The summed E-state index contributed by atoms with van der Waals surface area (Å²) in [6.45, 7) is 7.79. The maximum absolute atomic E-state index is 13.2. The van der Waals surface area contributed by atoms with Crippen molar-refractivity contribution in [2.45, 2.75) is 60.4 Å². The summed E-state index contributed by atoms with van der Waals surface area (Å²) < 4.78 is 50.5. The number of rotatable bonds is 18. The molecule has 1 atom stereocenters. The van der Waals surface area contributed by atoms with Gasteiger partial charge in [-0.15, -0.1) is 0 Å². The number of nitrogens with zero attached hydrogens (tertiary/aromatic N) is 6. The molecule has 25 heteroatoms. The third-order valence-corrected chi connectivity index (χ3v) is 13.3. The normalized spacial score (nSPS) is 12.7. The molecule has 0 saturated carbocycles. The van der Waals surface area contributed by atoms with Crippen LogP contribution in [-0.4, -0.2) is 71.8 Å². The number of aliphatic hydroxyl groups excluding tert-OH is 1. The summed E-state index contributed by atoms with van der Waals surface area (Å²) in [5.41, 5.74) is 12.4. The van der Waals surface area contributed by atoms with E-state index in [0.29, 0.717) is 72.1 Å². The summed E-state index contributed by atoms with van der Waals surface area (Å²) in [6.07, 6.45) is -1.25. The second-order valence-corrected chi connectivity index (χ2v) is 18.6. The zero-order valence-electron chi connectivity index (χ0n) is 46.3. The maximum Gasteiger partial charge on any atom is 1.00 e. The molecule has 0 aliphatic carbocycles. The van der Waals surface area contributed by atoms with Gasteiger partial charge in [-0.05, 0) is 85.3 Å². The molecular formula is C60H50KN8O16+. The first-order valence-corrected chi connectivity index (χ1v) is 26.2. The number of carbonyl (C=O) groups is 2. The standard InChI is InChI=1S/C30H26N4O8.C30H24N4O8.K/c2*1-3-38-28-31-23-10-6-9-22(27(35)39-16-24-17(2)40-30(37)41-24)25(23)34(28)15-18-11-13-19(14-12-18)20-7-4-5-8-21(20)26-32-29(36)42-33-26;/h4-14,29,36H,3,15-16H2,1-2H3,(H,32,33);4-14H,3,15-16H2,1-2H3,(H,32,33,36);/q;;+1. The Morgan fingerprint density at radius 3 is 1.46 bits per heavy atom. The molecule has 0 bridgehead atoms. The average molecular weight is 1180 g/mol. The van der Waals surface area contributed by atoms with Gasteiger partial charge in [0, 0.05) is 11.1 Å². The summed E-state index contributed by atoms with van der Waals surface area (Å²) in [6, 6.07) is 42.0. The Kier molecular flexibility index (Phi) is 18.1. The molecule has 24 nitrogen and oxygen atoms in total. The van der Waals surface area contributed by atoms with E-state index < -0.39 is 35.8 Å². The third-order valence-electron chi connectivity index (χ3n) is 13.3. The van der Waals surface area contributed by atoms with Crippen molar-refractivity contribution >= 4 is 39.8 Å². The van der Waals surface area contributed by atoms with E-state index in [4.69, 9.17) is 41.5 Å². The number of benzene rings is 6. The number of hydroxylamine groups is 1. The van der Waals surface area contributed by atoms with Gasteiger partial charge >= 0.3 is 80.7 Å². The van der Waals surface area contributed by atoms with E-state index in [9.17, 15) is 29.1 Å². The summed E-state index contributed by atoms with van der Waals surface area (Å²) in [4.78, 5) is 81.4. The molecule has 426 valence electrons. The first-order valence-electron chi connectivity index (χ1n) is 26.2. The zero-order chi connectivity index (χ0) is 58.4. The number of aryl methyl sites for hydroxylation is 2. The van der Waals surface area contributed by atoms with E-state index >= 15 is 0 Å². The van der Waals surface area contributed by atoms with Gasteiger partial charge in [-0.25, -0.2) is 39.3 Å². The van der Waals surface area contributed by atoms with Crippen LogP contribution in [0.15, 0.2) is 175 Å². The summed E-state index contributed by atoms with van der Waals surface area (Å²) in [7, 11) is 0.